The molecule has 4 nitrogen and oxygen atoms in total. The molecule has 0 bridgehead atoms. The van der Waals surface area contributed by atoms with Crippen LogP contribution in [0.2, 0.25) is 0 Å². The largest absolute Gasteiger partial charge is 0.385 e. The van der Waals surface area contributed by atoms with Crippen LogP contribution in [0.3, 0.4) is 0 Å². The molecular weight excluding hydrogens is 533 g/mol. The highest BCUT2D eigenvalue weighted by Crippen LogP contribution is 2.34. The van der Waals surface area contributed by atoms with E-state index in [1.54, 1.807) is 7.11 Å². The molecule has 6 heteroatoms. The number of benzene rings is 2. The maximum atomic E-state index is 11.0. The minimum absolute atomic E-state index is 0. The summed E-state index contributed by atoms with van der Waals surface area (Å²) in [4.78, 5) is 17.4. The Bertz CT molecular complexity index is 1270. The molecule has 40 heavy (non-hydrogen) atoms. The van der Waals surface area contributed by atoms with Crippen molar-refractivity contribution in [2.45, 2.75) is 71.2 Å². The van der Waals surface area contributed by atoms with Crippen molar-refractivity contribution in [1.82, 2.24) is 10.2 Å². The van der Waals surface area contributed by atoms with Crippen LogP contribution >= 0.6 is 23.1 Å². The number of carbonyl (C=O) groups is 1. The van der Waals surface area contributed by atoms with Crippen molar-refractivity contribution in [3.05, 3.63) is 82.2 Å². The zero-order chi connectivity index (χ0) is 29.1. The molecule has 1 fully saturated rings. The second-order valence-electron chi connectivity index (χ2n) is 10.7. The molecule has 0 spiro atoms. The smallest absolute Gasteiger partial charge is 0.198 e. The van der Waals surface area contributed by atoms with Crippen LogP contribution in [0.5, 0.6) is 0 Å². The molecule has 1 N–H and O–H groups in total. The molecule has 2 aliphatic rings. The molecule has 3 aromatic rings. The van der Waals surface area contributed by atoms with Crippen molar-refractivity contribution in [1.29, 1.82) is 0 Å². The summed E-state index contributed by atoms with van der Waals surface area (Å²) in [7, 11) is 1.68. The second-order valence-corrected chi connectivity index (χ2v) is 13.0. The minimum Gasteiger partial charge on any atom is -0.385 e. The van der Waals surface area contributed by atoms with Crippen molar-refractivity contribution in [2.75, 3.05) is 33.4 Å². The van der Waals surface area contributed by atoms with Crippen LogP contribution in [0.4, 0.5) is 0 Å². The Morgan fingerprint density at radius 3 is 2.48 bits per heavy atom. The summed E-state index contributed by atoms with van der Waals surface area (Å²) in [6, 6.07) is 17.6. The van der Waals surface area contributed by atoms with Crippen molar-refractivity contribution in [3.63, 3.8) is 0 Å². The maximum absolute atomic E-state index is 11.0. The molecule has 1 atom stereocenters. The number of piperidine rings is 1. The minimum atomic E-state index is 0. The molecule has 2 aliphatic heterocycles. The summed E-state index contributed by atoms with van der Waals surface area (Å²) in [6.45, 7) is 19.3. The van der Waals surface area contributed by atoms with Crippen molar-refractivity contribution in [2.24, 2.45) is 0 Å². The molecular formula is C34H50N2O2S2. The van der Waals surface area contributed by atoms with Gasteiger partial charge in [0.25, 0.3) is 0 Å². The van der Waals surface area contributed by atoms with Crippen LogP contribution in [-0.4, -0.2) is 49.4 Å². The van der Waals surface area contributed by atoms with Crippen molar-refractivity contribution < 1.29 is 12.4 Å². The predicted octanol–water partition coefficient (Wildman–Crippen LogP) is 8.78. The Labute approximate surface area is 253 Å². The Kier molecular flexibility index (Phi) is 13.0. The summed E-state index contributed by atoms with van der Waals surface area (Å²) >= 11 is 3.23. The Morgan fingerprint density at radius 2 is 1.82 bits per heavy atom. The van der Waals surface area contributed by atoms with Gasteiger partial charge in [0, 0.05) is 55.9 Å². The van der Waals surface area contributed by atoms with E-state index in [0.717, 1.165) is 23.7 Å². The molecule has 0 aliphatic carbocycles. The number of likely N-dealkylation sites (tertiary alicyclic amines) is 1. The fourth-order valence-electron chi connectivity index (χ4n) is 4.95. The van der Waals surface area contributed by atoms with Crippen molar-refractivity contribution >= 4 is 33.9 Å². The lowest BCUT2D eigenvalue weighted by Crippen LogP contribution is -2.40. The zero-order valence-electron chi connectivity index (χ0n) is 25.1. The number of nitrogens with one attached hydrogen (secondary N) is 1. The van der Waals surface area contributed by atoms with Gasteiger partial charge >= 0.3 is 0 Å². The van der Waals surface area contributed by atoms with Crippen LogP contribution in [0.15, 0.2) is 60.0 Å². The van der Waals surface area contributed by atoms with Gasteiger partial charge in [-0.25, -0.2) is 0 Å². The number of hydrogen-bond acceptors (Lipinski definition) is 6. The fraction of sp³-hybridized carbons (Fsp3) is 0.441. The molecule has 1 saturated heterocycles. The van der Waals surface area contributed by atoms with E-state index in [9.17, 15) is 4.79 Å². The van der Waals surface area contributed by atoms with Gasteiger partial charge in [-0.05, 0) is 107 Å². The van der Waals surface area contributed by atoms with E-state index in [4.69, 9.17) is 0 Å². The van der Waals surface area contributed by atoms with E-state index in [1.165, 1.54) is 81.7 Å². The standard InChI is InChI=1S/C22H30N2S.C9H8OS.C3H8O.2H2/c1-16-13-18(3)25-22(16)21-10-8-9-20(14-21)19(4)23-17(2)15-24-11-6-5-7-12-24;1-6-2-3-7-5-9(10)11-8(7)4-6;1-3-4-2;;/h8-10,13-14,17,23H,4-7,11-12,15H2,1-3H3;2-4H,5H2,1H3;3H2,1-2H3;2*1H/t17-;;;;/m0..../s1. The lowest BCUT2D eigenvalue weighted by atomic mass is 10.0. The lowest BCUT2D eigenvalue weighted by molar-refractivity contribution is -0.110. The first-order valence-corrected chi connectivity index (χ1v) is 16.0. The average Bonchev–Trinajstić information content (AvgIpc) is 3.48. The summed E-state index contributed by atoms with van der Waals surface area (Å²) in [5.74, 6) is 0. The third-order valence-corrected chi connectivity index (χ3v) is 9.16. The van der Waals surface area contributed by atoms with Gasteiger partial charge in [0.05, 0.1) is 0 Å². The number of ether oxygens (including phenoxy) is 1. The number of fused-ring (bicyclic) bond motifs is 1. The lowest BCUT2D eigenvalue weighted by Gasteiger charge is -2.30. The molecule has 0 saturated carbocycles. The zero-order valence-corrected chi connectivity index (χ0v) is 26.8. The first kappa shape index (κ1) is 32.1. The molecule has 0 unspecified atom stereocenters. The van der Waals surface area contributed by atoms with E-state index in [0.29, 0.717) is 12.5 Å². The van der Waals surface area contributed by atoms with Gasteiger partial charge in [0.15, 0.2) is 5.12 Å². The molecule has 1 aromatic heterocycles. The maximum Gasteiger partial charge on any atom is 0.198 e. The van der Waals surface area contributed by atoms with Crippen LogP contribution in [0, 0.1) is 20.8 Å². The van der Waals surface area contributed by atoms with Crippen LogP contribution in [0.25, 0.3) is 16.1 Å². The summed E-state index contributed by atoms with van der Waals surface area (Å²) in [5, 5.41) is 3.88. The highest BCUT2D eigenvalue weighted by atomic mass is 32.2. The molecule has 5 rings (SSSR count). The van der Waals surface area contributed by atoms with Gasteiger partial charge in [-0.2, -0.15) is 0 Å². The van der Waals surface area contributed by atoms with E-state index in [-0.39, 0.29) is 7.97 Å². The van der Waals surface area contributed by atoms with E-state index in [2.05, 4.69) is 84.8 Å². The van der Waals surface area contributed by atoms with Gasteiger partial charge in [0.1, 0.15) is 0 Å². The number of nitrogens with zero attached hydrogens (tertiary/aromatic N) is 1. The number of thiophene rings is 1. The fourth-order valence-corrected chi connectivity index (χ4v) is 6.96. The van der Waals surface area contributed by atoms with Gasteiger partial charge in [-0.15, -0.1) is 11.3 Å². The first-order chi connectivity index (χ1) is 19.2. The molecule has 0 radical (unpaired) electrons. The van der Waals surface area contributed by atoms with Crippen LogP contribution < -0.4 is 5.32 Å². The highest BCUT2D eigenvalue weighted by molar-refractivity contribution is 8.14. The molecule has 220 valence electrons. The van der Waals surface area contributed by atoms with E-state index in [1.807, 2.05) is 31.3 Å². The van der Waals surface area contributed by atoms with Gasteiger partial charge in [0.2, 0.25) is 0 Å². The average molecular weight is 583 g/mol. The SMILES string of the molecule is C=C(N[C@@H](C)CN1CCCCC1)c1cccc(-c2sc(C)cc2C)c1.CCOC.Cc1ccc2c(c1)SC(=O)C2.[HH].[HH]. The number of hydrogen-bond donors (Lipinski definition) is 1. The number of aryl methyl sites for hydroxylation is 3. The third-order valence-electron chi connectivity index (χ3n) is 6.99. The summed E-state index contributed by atoms with van der Waals surface area (Å²) < 4.78 is 4.54. The Hall–Kier alpha value is -2.38. The van der Waals surface area contributed by atoms with Gasteiger partial charge in [-0.3, -0.25) is 4.79 Å². The second kappa shape index (κ2) is 16.2. The molecule has 2 aromatic carbocycles. The molecule has 0 amide bonds. The summed E-state index contributed by atoms with van der Waals surface area (Å²) in [6.07, 6.45) is 4.68. The summed E-state index contributed by atoms with van der Waals surface area (Å²) in [5.41, 5.74) is 7.28. The van der Waals surface area contributed by atoms with Crippen molar-refractivity contribution in [3.8, 4) is 10.4 Å². The quantitative estimate of drug-likeness (QED) is 0.302. The van der Waals surface area contributed by atoms with Crippen LogP contribution in [-0.2, 0) is 16.0 Å². The van der Waals surface area contributed by atoms with Crippen LogP contribution in [0.1, 0.15) is 63.1 Å². The first-order valence-electron chi connectivity index (χ1n) is 14.3. The van der Waals surface area contributed by atoms with Gasteiger partial charge in [-0.1, -0.05) is 55.1 Å². The highest BCUT2D eigenvalue weighted by Gasteiger charge is 2.18. The Morgan fingerprint density at radius 1 is 1.10 bits per heavy atom. The number of rotatable bonds is 7. The topological polar surface area (TPSA) is 41.6 Å². The third kappa shape index (κ3) is 9.91. The normalized spacial score (nSPS) is 15.3. The molecule has 3 heterocycles. The monoisotopic (exact) mass is 582 g/mol. The Balaban J connectivity index is 0.000000431. The predicted molar refractivity (Wildman–Crippen MR) is 179 cm³/mol. The van der Waals surface area contributed by atoms with Gasteiger partial charge < -0.3 is 15.0 Å². The van der Waals surface area contributed by atoms with E-state index >= 15 is 0 Å². The number of methoxy groups -OCH3 is 1. The van der Waals surface area contributed by atoms with E-state index < -0.39 is 0 Å². The number of thioether (sulfide) groups is 1. The number of carbonyl (C=O) groups excluding carboxylic acids is 1.